The number of benzene rings is 1. The van der Waals surface area contributed by atoms with Gasteiger partial charge in [-0.1, -0.05) is 71.9 Å². The molecule has 0 bridgehead atoms. The number of rotatable bonds is 10. The summed E-state index contributed by atoms with van der Waals surface area (Å²) in [4.78, 5) is 40.6. The van der Waals surface area contributed by atoms with E-state index < -0.39 is 51.9 Å². The van der Waals surface area contributed by atoms with E-state index in [2.05, 4.69) is 64.9 Å². The Morgan fingerprint density at radius 2 is 1.62 bits per heavy atom. The highest BCUT2D eigenvalue weighted by atomic mass is 28.4. The monoisotopic (exact) mass is 619 g/mol. The lowest BCUT2D eigenvalue weighted by Gasteiger charge is -2.43. The molecule has 42 heavy (non-hydrogen) atoms. The van der Waals surface area contributed by atoms with E-state index in [1.165, 1.54) is 16.8 Å². The molecule has 1 aliphatic rings. The molecule has 1 saturated heterocycles. The Balaban J connectivity index is 2.07. The van der Waals surface area contributed by atoms with Gasteiger partial charge >= 0.3 is 5.69 Å². The van der Waals surface area contributed by atoms with Gasteiger partial charge in [-0.25, -0.2) is 4.79 Å². The fourth-order valence-electron chi connectivity index (χ4n) is 4.30. The van der Waals surface area contributed by atoms with Crippen LogP contribution in [-0.2, 0) is 24.9 Å². The average molecular weight is 620 g/mol. The molecule has 4 atom stereocenters. The highest BCUT2D eigenvalue weighted by Gasteiger charge is 2.61. The molecule has 1 amide bonds. The van der Waals surface area contributed by atoms with Gasteiger partial charge in [0, 0.05) is 18.8 Å². The molecule has 1 aromatic carbocycles. The number of carbonyl (C=O) groups is 1. The first-order valence-electron chi connectivity index (χ1n) is 14.5. The average Bonchev–Trinajstić information content (AvgIpc) is 3.11. The van der Waals surface area contributed by atoms with Crippen molar-refractivity contribution in [1.82, 2.24) is 14.9 Å². The molecule has 234 valence electrons. The number of nitrogens with one attached hydrogen (secondary N) is 2. The van der Waals surface area contributed by atoms with E-state index in [-0.39, 0.29) is 35.6 Å². The minimum atomic E-state index is -2.59. The van der Waals surface area contributed by atoms with Gasteiger partial charge in [0.1, 0.15) is 17.8 Å². The molecule has 2 aromatic rings. The molecule has 3 rings (SSSR count). The third-order valence-electron chi connectivity index (χ3n) is 9.14. The summed E-state index contributed by atoms with van der Waals surface area (Å²) in [6.07, 6.45) is -2.20. The SMILES string of the molecule is CC(C)(C)[Si](C)(C)OC[C@H]1O[C@@H](n2ccc(=O)[nH]c2=O)[C@H](O[Si](C)(C)C(C)(C)C)[C@@]1(O)CC(=O)NCc1ccccc1. The van der Waals surface area contributed by atoms with Crippen molar-refractivity contribution >= 4 is 22.5 Å². The molecule has 0 aliphatic carbocycles. The quantitative estimate of drug-likeness (QED) is 0.338. The van der Waals surface area contributed by atoms with Crippen molar-refractivity contribution < 1.29 is 23.5 Å². The zero-order valence-electron chi connectivity index (χ0n) is 26.7. The van der Waals surface area contributed by atoms with Crippen molar-refractivity contribution in [2.75, 3.05) is 6.61 Å². The van der Waals surface area contributed by atoms with E-state index in [9.17, 15) is 19.5 Å². The standard InChI is InChI=1S/C30H49N3O7Si2/c1-28(2,3)41(7,8)38-20-22-30(37,18-24(35)31-19-21-14-12-11-13-15-21)25(40-42(9,10)29(4,5)6)26(39-22)33-17-16-23(34)32-27(33)36/h11-17,22,25-26,37H,18-20H2,1-10H3,(H,31,35)(H,32,34,36)/t22-,25+,26-,30-/m1/s1. The molecule has 0 radical (unpaired) electrons. The Hall–Kier alpha value is -2.36. The lowest BCUT2D eigenvalue weighted by Crippen LogP contribution is -2.58. The van der Waals surface area contributed by atoms with Crippen molar-refractivity contribution in [3.8, 4) is 0 Å². The molecule has 1 aromatic heterocycles. The lowest BCUT2D eigenvalue weighted by molar-refractivity contribution is -0.136. The van der Waals surface area contributed by atoms with Crippen LogP contribution in [-0.4, -0.2) is 61.6 Å². The van der Waals surface area contributed by atoms with Crippen LogP contribution in [0, 0.1) is 0 Å². The van der Waals surface area contributed by atoms with Gasteiger partial charge in [-0.15, -0.1) is 0 Å². The summed E-state index contributed by atoms with van der Waals surface area (Å²) in [5, 5.41) is 15.1. The second-order valence-corrected chi connectivity index (χ2v) is 23.9. The zero-order valence-corrected chi connectivity index (χ0v) is 28.7. The topological polar surface area (TPSA) is 132 Å². The molecule has 0 saturated carbocycles. The maximum absolute atomic E-state index is 13.4. The van der Waals surface area contributed by atoms with E-state index in [1.54, 1.807) is 0 Å². The van der Waals surface area contributed by atoms with Crippen LogP contribution in [0.15, 0.2) is 52.2 Å². The van der Waals surface area contributed by atoms with E-state index in [0.717, 1.165) is 5.56 Å². The number of aromatic amines is 1. The number of nitrogens with zero attached hydrogens (tertiary/aromatic N) is 1. The van der Waals surface area contributed by atoms with E-state index in [1.807, 2.05) is 43.4 Å². The number of aliphatic hydroxyl groups is 1. The predicted molar refractivity (Wildman–Crippen MR) is 168 cm³/mol. The summed E-state index contributed by atoms with van der Waals surface area (Å²) < 4.78 is 21.0. The van der Waals surface area contributed by atoms with Crippen molar-refractivity contribution in [3.05, 3.63) is 69.0 Å². The van der Waals surface area contributed by atoms with Crippen LogP contribution in [0.5, 0.6) is 0 Å². The Morgan fingerprint density at radius 1 is 1.02 bits per heavy atom. The fraction of sp³-hybridized carbons (Fsp3) is 0.633. The van der Waals surface area contributed by atoms with Crippen LogP contribution in [0.25, 0.3) is 0 Å². The van der Waals surface area contributed by atoms with Gasteiger partial charge in [-0.2, -0.15) is 0 Å². The minimum absolute atomic E-state index is 0.00488. The Labute approximate surface area is 251 Å². The van der Waals surface area contributed by atoms with Gasteiger partial charge in [-0.05, 0) is 41.8 Å². The van der Waals surface area contributed by atoms with Gasteiger partial charge in [0.05, 0.1) is 13.0 Å². The molecule has 2 heterocycles. The van der Waals surface area contributed by atoms with Gasteiger partial charge in [0.25, 0.3) is 5.56 Å². The summed E-state index contributed by atoms with van der Waals surface area (Å²) in [5.41, 5.74) is -2.17. The summed E-state index contributed by atoms with van der Waals surface area (Å²) in [6.45, 7) is 21.1. The zero-order chi connectivity index (χ0) is 31.7. The van der Waals surface area contributed by atoms with Gasteiger partial charge in [-0.3, -0.25) is 19.1 Å². The molecule has 10 nitrogen and oxygen atoms in total. The normalized spacial score (nSPS) is 23.6. The fourth-order valence-corrected chi connectivity index (χ4v) is 6.61. The van der Waals surface area contributed by atoms with E-state index >= 15 is 0 Å². The van der Waals surface area contributed by atoms with E-state index in [4.69, 9.17) is 13.6 Å². The third kappa shape index (κ3) is 7.58. The lowest BCUT2D eigenvalue weighted by atomic mass is 9.88. The van der Waals surface area contributed by atoms with Crippen molar-refractivity contribution in [1.29, 1.82) is 0 Å². The number of hydrogen-bond acceptors (Lipinski definition) is 7. The summed E-state index contributed by atoms with van der Waals surface area (Å²) in [6, 6.07) is 10.7. The summed E-state index contributed by atoms with van der Waals surface area (Å²) in [7, 11) is -4.89. The molecule has 1 aliphatic heterocycles. The van der Waals surface area contributed by atoms with Gasteiger partial charge in [0.15, 0.2) is 22.9 Å². The summed E-state index contributed by atoms with van der Waals surface area (Å²) >= 11 is 0. The van der Waals surface area contributed by atoms with Crippen LogP contribution in [0.1, 0.15) is 59.8 Å². The molecule has 0 spiro atoms. The van der Waals surface area contributed by atoms with Crippen molar-refractivity contribution in [2.24, 2.45) is 0 Å². The maximum atomic E-state index is 13.4. The molecular formula is C30H49N3O7Si2. The third-order valence-corrected chi connectivity index (χ3v) is 18.1. The number of H-pyrrole nitrogens is 1. The maximum Gasteiger partial charge on any atom is 0.330 e. The smallest absolute Gasteiger partial charge is 0.330 e. The highest BCUT2D eigenvalue weighted by Crippen LogP contribution is 2.47. The van der Waals surface area contributed by atoms with E-state index in [0.29, 0.717) is 0 Å². The van der Waals surface area contributed by atoms with Crippen LogP contribution < -0.4 is 16.6 Å². The first-order valence-corrected chi connectivity index (χ1v) is 20.3. The van der Waals surface area contributed by atoms with Crippen LogP contribution >= 0.6 is 0 Å². The largest absolute Gasteiger partial charge is 0.414 e. The Kier molecular flexibility index (Phi) is 10.0. The molecule has 0 unspecified atom stereocenters. The second-order valence-electron chi connectivity index (χ2n) is 14.3. The van der Waals surface area contributed by atoms with Crippen LogP contribution in [0.3, 0.4) is 0 Å². The summed E-state index contributed by atoms with van der Waals surface area (Å²) in [5.74, 6) is -0.388. The molecule has 12 heteroatoms. The number of ether oxygens (including phenoxy) is 1. The molecule has 3 N–H and O–H groups in total. The Morgan fingerprint density at radius 3 is 2.17 bits per heavy atom. The first-order chi connectivity index (χ1) is 19.2. The van der Waals surface area contributed by atoms with Crippen LogP contribution in [0.2, 0.25) is 36.3 Å². The minimum Gasteiger partial charge on any atom is -0.414 e. The van der Waals surface area contributed by atoms with Crippen LogP contribution in [0.4, 0.5) is 0 Å². The number of aromatic nitrogens is 2. The Bertz CT molecular complexity index is 1350. The van der Waals surface area contributed by atoms with Gasteiger partial charge in [0.2, 0.25) is 5.91 Å². The predicted octanol–water partition coefficient (Wildman–Crippen LogP) is 4.28. The highest BCUT2D eigenvalue weighted by molar-refractivity contribution is 6.74. The van der Waals surface area contributed by atoms with Gasteiger partial charge < -0.3 is 24.0 Å². The molecule has 1 fully saturated rings. The molecular weight excluding hydrogens is 571 g/mol. The second kappa shape index (κ2) is 12.3. The number of carbonyl (C=O) groups excluding carboxylic acids is 1. The van der Waals surface area contributed by atoms with Crippen molar-refractivity contribution in [3.63, 3.8) is 0 Å². The first kappa shape index (κ1) is 34.1. The number of hydrogen-bond donors (Lipinski definition) is 3. The number of amides is 1. The van der Waals surface area contributed by atoms with Crippen molar-refractivity contribution in [2.45, 2.75) is 115 Å².